The molecule has 158 valence electrons. The Morgan fingerprint density at radius 1 is 1.21 bits per heavy atom. The highest BCUT2D eigenvalue weighted by Crippen LogP contribution is 2.26. The van der Waals surface area contributed by atoms with Crippen molar-refractivity contribution < 1.29 is 4.79 Å². The summed E-state index contributed by atoms with van der Waals surface area (Å²) in [6.45, 7) is 9.85. The highest BCUT2D eigenvalue weighted by Gasteiger charge is 2.22. The van der Waals surface area contributed by atoms with E-state index in [0.29, 0.717) is 18.9 Å². The molecule has 1 fully saturated rings. The van der Waals surface area contributed by atoms with Gasteiger partial charge in [0.05, 0.1) is 5.69 Å². The maximum absolute atomic E-state index is 12.3. The molecule has 0 aliphatic carbocycles. The van der Waals surface area contributed by atoms with Crippen LogP contribution < -0.4 is 10.6 Å². The normalized spacial score (nSPS) is 14.8. The molecule has 0 saturated carbocycles. The lowest BCUT2D eigenvalue weighted by Crippen LogP contribution is -2.49. The third-order valence-electron chi connectivity index (χ3n) is 5.39. The van der Waals surface area contributed by atoms with Gasteiger partial charge in [0, 0.05) is 75.2 Å². The van der Waals surface area contributed by atoms with Crippen LogP contribution in [0.4, 0.5) is 5.69 Å². The van der Waals surface area contributed by atoms with Crippen molar-refractivity contribution in [3.8, 4) is 11.3 Å². The van der Waals surface area contributed by atoms with E-state index in [9.17, 15) is 4.79 Å². The summed E-state index contributed by atoms with van der Waals surface area (Å²) in [4.78, 5) is 18.8. The third kappa shape index (κ3) is 5.58. The summed E-state index contributed by atoms with van der Waals surface area (Å²) in [6, 6.07) is 8.58. The van der Waals surface area contributed by atoms with E-state index in [0.717, 1.165) is 50.5 Å². The van der Waals surface area contributed by atoms with Gasteiger partial charge in [-0.3, -0.25) is 9.89 Å². The van der Waals surface area contributed by atoms with Gasteiger partial charge in [-0.05, 0) is 25.1 Å². The number of hydrogen-bond donors (Lipinski definition) is 2. The average Bonchev–Trinajstić information content (AvgIpc) is 3.16. The fraction of sp³-hybridized carbons (Fsp3) is 0.545. The van der Waals surface area contributed by atoms with Crippen molar-refractivity contribution in [1.82, 2.24) is 20.0 Å². The van der Waals surface area contributed by atoms with Crippen LogP contribution in [0.2, 0.25) is 0 Å². The van der Waals surface area contributed by atoms with Gasteiger partial charge in [-0.25, -0.2) is 0 Å². The van der Waals surface area contributed by atoms with Crippen molar-refractivity contribution in [2.45, 2.75) is 26.8 Å². The number of carbonyl (C=O) groups is 1. The first-order chi connectivity index (χ1) is 14.0. The van der Waals surface area contributed by atoms with Crippen molar-refractivity contribution >= 4 is 11.6 Å². The Morgan fingerprint density at radius 2 is 1.90 bits per heavy atom. The Labute approximate surface area is 173 Å². The highest BCUT2D eigenvalue weighted by atomic mass is 16.2. The SMILES string of the molecule is CC(C)CC(=O)N1CCN(c2ccc(-c3n[nH]cc3CN(C)CCN)cc2)CC1. The Hall–Kier alpha value is -2.38. The number of benzene rings is 1. The fourth-order valence-electron chi connectivity index (χ4n) is 3.80. The molecule has 2 aromatic rings. The molecule has 3 N–H and O–H groups in total. The van der Waals surface area contributed by atoms with Crippen LogP contribution in [0.1, 0.15) is 25.8 Å². The van der Waals surface area contributed by atoms with Crippen molar-refractivity contribution in [3.63, 3.8) is 0 Å². The van der Waals surface area contributed by atoms with Gasteiger partial charge in [0.15, 0.2) is 0 Å². The van der Waals surface area contributed by atoms with Crippen molar-refractivity contribution in [1.29, 1.82) is 0 Å². The molecule has 2 heterocycles. The van der Waals surface area contributed by atoms with Crippen LogP contribution in [-0.2, 0) is 11.3 Å². The zero-order valence-corrected chi connectivity index (χ0v) is 17.9. The van der Waals surface area contributed by atoms with Crippen LogP contribution in [0.25, 0.3) is 11.3 Å². The van der Waals surface area contributed by atoms with Gasteiger partial charge in [-0.1, -0.05) is 26.0 Å². The number of likely N-dealkylation sites (N-methyl/N-ethyl adjacent to an activating group) is 1. The maximum Gasteiger partial charge on any atom is 0.222 e. The Balaban J connectivity index is 1.61. The number of hydrogen-bond acceptors (Lipinski definition) is 5. The van der Waals surface area contributed by atoms with Crippen LogP contribution in [0.5, 0.6) is 0 Å². The van der Waals surface area contributed by atoms with Gasteiger partial charge in [0.25, 0.3) is 0 Å². The summed E-state index contributed by atoms with van der Waals surface area (Å²) < 4.78 is 0. The van der Waals surface area contributed by atoms with Crippen LogP contribution in [0.3, 0.4) is 0 Å². The molecule has 7 heteroatoms. The lowest BCUT2D eigenvalue weighted by Gasteiger charge is -2.36. The molecule has 1 amide bonds. The largest absolute Gasteiger partial charge is 0.368 e. The van der Waals surface area contributed by atoms with Gasteiger partial charge in [-0.2, -0.15) is 5.10 Å². The van der Waals surface area contributed by atoms with Crippen molar-refractivity contribution in [2.75, 3.05) is 51.2 Å². The van der Waals surface area contributed by atoms with E-state index in [-0.39, 0.29) is 5.91 Å². The minimum atomic E-state index is 0.278. The fourth-order valence-corrected chi connectivity index (χ4v) is 3.80. The minimum absolute atomic E-state index is 0.278. The molecule has 29 heavy (non-hydrogen) atoms. The molecule has 7 nitrogen and oxygen atoms in total. The zero-order chi connectivity index (χ0) is 20.8. The Bertz CT molecular complexity index is 777. The lowest BCUT2D eigenvalue weighted by atomic mass is 10.1. The van der Waals surface area contributed by atoms with Gasteiger partial charge in [0.2, 0.25) is 5.91 Å². The molecule has 1 aromatic carbocycles. The molecule has 0 unspecified atom stereocenters. The van der Waals surface area contributed by atoms with Crippen LogP contribution in [-0.4, -0.2) is 72.2 Å². The van der Waals surface area contributed by atoms with E-state index in [1.165, 1.54) is 11.3 Å². The number of amides is 1. The topological polar surface area (TPSA) is 81.5 Å². The number of nitrogens with one attached hydrogen (secondary N) is 1. The molecule has 1 aliphatic heterocycles. The van der Waals surface area contributed by atoms with Crippen LogP contribution >= 0.6 is 0 Å². The number of rotatable bonds is 8. The summed E-state index contributed by atoms with van der Waals surface area (Å²) in [5.41, 5.74) is 10.1. The van der Waals surface area contributed by atoms with Crippen molar-refractivity contribution in [3.05, 3.63) is 36.0 Å². The molecule has 0 spiro atoms. The van der Waals surface area contributed by atoms with Gasteiger partial charge in [0.1, 0.15) is 0 Å². The number of aromatic nitrogens is 2. The second-order valence-electron chi connectivity index (χ2n) is 8.30. The summed E-state index contributed by atoms with van der Waals surface area (Å²) in [5.74, 6) is 0.691. The second kappa shape index (κ2) is 9.89. The van der Waals surface area contributed by atoms with E-state index >= 15 is 0 Å². The molecular formula is C22H34N6O. The first kappa shape index (κ1) is 21.3. The first-order valence-electron chi connectivity index (χ1n) is 10.5. The Morgan fingerprint density at radius 3 is 2.52 bits per heavy atom. The average molecular weight is 399 g/mol. The molecule has 1 aromatic heterocycles. The van der Waals surface area contributed by atoms with E-state index < -0.39 is 0 Å². The third-order valence-corrected chi connectivity index (χ3v) is 5.39. The van der Waals surface area contributed by atoms with Gasteiger partial charge in [-0.15, -0.1) is 0 Å². The molecular weight excluding hydrogens is 364 g/mol. The quantitative estimate of drug-likeness (QED) is 0.712. The smallest absolute Gasteiger partial charge is 0.222 e. The number of aromatic amines is 1. The zero-order valence-electron chi connectivity index (χ0n) is 17.9. The number of carbonyl (C=O) groups excluding carboxylic acids is 1. The van der Waals surface area contributed by atoms with Crippen molar-refractivity contribution in [2.24, 2.45) is 11.7 Å². The second-order valence-corrected chi connectivity index (χ2v) is 8.30. The summed E-state index contributed by atoms with van der Waals surface area (Å²) in [5, 5.41) is 7.45. The van der Waals surface area contributed by atoms with E-state index in [4.69, 9.17) is 5.73 Å². The molecule has 3 rings (SSSR count). The monoisotopic (exact) mass is 398 g/mol. The minimum Gasteiger partial charge on any atom is -0.368 e. The standard InChI is InChI=1S/C22H34N6O/c1-17(2)14-21(29)28-12-10-27(11-13-28)20-6-4-18(5-7-20)22-19(15-24-25-22)16-26(3)9-8-23/h4-7,15,17H,8-14,16,23H2,1-3H3,(H,24,25). The first-order valence-corrected chi connectivity index (χ1v) is 10.5. The number of piperazine rings is 1. The number of H-pyrrole nitrogens is 1. The maximum atomic E-state index is 12.3. The molecule has 0 bridgehead atoms. The predicted octanol–water partition coefficient (Wildman–Crippen LogP) is 2.16. The van der Waals surface area contributed by atoms with Crippen LogP contribution in [0, 0.1) is 5.92 Å². The molecule has 1 aliphatic rings. The van der Waals surface area contributed by atoms with E-state index in [1.54, 1.807) is 0 Å². The Kier molecular flexibility index (Phi) is 7.28. The number of nitrogens with zero attached hydrogens (tertiary/aromatic N) is 4. The summed E-state index contributed by atoms with van der Waals surface area (Å²) in [7, 11) is 2.07. The van der Waals surface area contributed by atoms with Gasteiger partial charge >= 0.3 is 0 Å². The molecule has 0 atom stereocenters. The molecule has 1 saturated heterocycles. The predicted molar refractivity (Wildman–Crippen MR) is 118 cm³/mol. The van der Waals surface area contributed by atoms with Gasteiger partial charge < -0.3 is 20.4 Å². The number of nitrogens with two attached hydrogens (primary N) is 1. The number of anilines is 1. The van der Waals surface area contributed by atoms with E-state index in [2.05, 4.69) is 65.2 Å². The van der Waals surface area contributed by atoms with Crippen LogP contribution in [0.15, 0.2) is 30.5 Å². The highest BCUT2D eigenvalue weighted by molar-refractivity contribution is 5.76. The lowest BCUT2D eigenvalue weighted by molar-refractivity contribution is -0.132. The molecule has 0 radical (unpaired) electrons. The summed E-state index contributed by atoms with van der Waals surface area (Å²) in [6.07, 6.45) is 2.60. The van der Waals surface area contributed by atoms with E-state index in [1.807, 2.05) is 11.1 Å². The summed E-state index contributed by atoms with van der Waals surface area (Å²) >= 11 is 0.